The van der Waals surface area contributed by atoms with Gasteiger partial charge in [-0.1, -0.05) is 31.0 Å². The first-order chi connectivity index (χ1) is 14.5. The third-order valence-corrected chi connectivity index (χ3v) is 6.87. The number of halogens is 1. The van der Waals surface area contributed by atoms with Crippen molar-refractivity contribution >= 4 is 17.3 Å². The quantitative estimate of drug-likeness (QED) is 0.672. The van der Waals surface area contributed by atoms with Crippen LogP contribution in [0, 0.1) is 12.7 Å². The Kier molecular flexibility index (Phi) is 6.09. The maximum absolute atomic E-state index is 13.1. The number of anilines is 2. The van der Waals surface area contributed by atoms with E-state index < -0.39 is 0 Å². The molecule has 2 aliphatic heterocycles. The van der Waals surface area contributed by atoms with Crippen molar-refractivity contribution in [2.24, 2.45) is 0 Å². The van der Waals surface area contributed by atoms with Gasteiger partial charge in [-0.05, 0) is 68.6 Å². The molecule has 0 aliphatic carbocycles. The third kappa shape index (κ3) is 4.08. The minimum Gasteiger partial charge on any atom is -0.369 e. The summed E-state index contributed by atoms with van der Waals surface area (Å²) < 4.78 is 13.1. The molecule has 1 unspecified atom stereocenters. The SMILES string of the molecule is CCC1(CCCCN2CCN(c3ccc(F)cc3)CC2)C(=O)Nc2ccc(C)cc21. The predicted molar refractivity (Wildman–Crippen MR) is 121 cm³/mol. The molecule has 4 rings (SSSR count). The van der Waals surface area contributed by atoms with E-state index in [9.17, 15) is 9.18 Å². The molecule has 0 aromatic heterocycles. The Morgan fingerprint density at radius 2 is 1.77 bits per heavy atom. The molecule has 1 amide bonds. The summed E-state index contributed by atoms with van der Waals surface area (Å²) in [4.78, 5) is 17.7. The zero-order valence-corrected chi connectivity index (χ0v) is 18.1. The summed E-state index contributed by atoms with van der Waals surface area (Å²) >= 11 is 0. The highest BCUT2D eigenvalue weighted by Gasteiger charge is 2.44. The molecule has 0 radical (unpaired) electrons. The lowest BCUT2D eigenvalue weighted by atomic mass is 9.75. The number of piperazine rings is 1. The fourth-order valence-corrected chi connectivity index (χ4v) is 4.95. The largest absolute Gasteiger partial charge is 0.369 e. The van der Waals surface area contributed by atoms with Crippen LogP contribution in [0.4, 0.5) is 15.8 Å². The highest BCUT2D eigenvalue weighted by atomic mass is 19.1. The molecular formula is C25H32FN3O. The first-order valence-corrected chi connectivity index (χ1v) is 11.2. The van der Waals surface area contributed by atoms with Crippen LogP contribution in [0.2, 0.25) is 0 Å². The molecule has 4 nitrogen and oxygen atoms in total. The highest BCUT2D eigenvalue weighted by Crippen LogP contribution is 2.44. The average Bonchev–Trinajstić information content (AvgIpc) is 3.03. The van der Waals surface area contributed by atoms with Crippen LogP contribution in [-0.2, 0) is 10.2 Å². The zero-order chi connectivity index (χ0) is 21.1. The van der Waals surface area contributed by atoms with E-state index in [1.54, 1.807) is 0 Å². The molecule has 1 fully saturated rings. The van der Waals surface area contributed by atoms with Gasteiger partial charge >= 0.3 is 0 Å². The van der Waals surface area contributed by atoms with Gasteiger partial charge in [0.15, 0.2) is 0 Å². The fourth-order valence-electron chi connectivity index (χ4n) is 4.95. The van der Waals surface area contributed by atoms with Gasteiger partial charge in [-0.15, -0.1) is 0 Å². The van der Waals surface area contributed by atoms with Gasteiger partial charge in [-0.3, -0.25) is 9.69 Å². The van der Waals surface area contributed by atoms with Gasteiger partial charge < -0.3 is 10.2 Å². The number of aryl methyl sites for hydroxylation is 1. The first kappa shape index (κ1) is 20.9. The lowest BCUT2D eigenvalue weighted by molar-refractivity contribution is -0.121. The molecule has 1 saturated heterocycles. The number of fused-ring (bicyclic) bond motifs is 1. The van der Waals surface area contributed by atoms with Crippen LogP contribution >= 0.6 is 0 Å². The number of rotatable bonds is 7. The molecular weight excluding hydrogens is 377 g/mol. The number of amides is 1. The number of carbonyl (C=O) groups is 1. The van der Waals surface area contributed by atoms with Gasteiger partial charge in [0.05, 0.1) is 5.41 Å². The monoisotopic (exact) mass is 409 g/mol. The fraction of sp³-hybridized carbons (Fsp3) is 0.480. The van der Waals surface area contributed by atoms with Gasteiger partial charge in [0.25, 0.3) is 0 Å². The molecule has 2 aromatic rings. The Balaban J connectivity index is 1.27. The Bertz CT molecular complexity index is 890. The van der Waals surface area contributed by atoms with Crippen LogP contribution < -0.4 is 10.2 Å². The van der Waals surface area contributed by atoms with Gasteiger partial charge in [0.2, 0.25) is 5.91 Å². The van der Waals surface area contributed by atoms with Crippen LogP contribution in [0.25, 0.3) is 0 Å². The lowest BCUT2D eigenvalue weighted by Gasteiger charge is -2.36. The van der Waals surface area contributed by atoms with E-state index in [4.69, 9.17) is 0 Å². The van der Waals surface area contributed by atoms with Crippen LogP contribution in [0.5, 0.6) is 0 Å². The second-order valence-electron chi connectivity index (χ2n) is 8.70. The van der Waals surface area contributed by atoms with Crippen molar-refractivity contribution in [3.63, 3.8) is 0 Å². The van der Waals surface area contributed by atoms with E-state index in [2.05, 4.69) is 41.1 Å². The van der Waals surface area contributed by atoms with Crippen molar-refractivity contribution in [2.45, 2.75) is 44.9 Å². The van der Waals surface area contributed by atoms with Crippen molar-refractivity contribution in [3.05, 3.63) is 59.4 Å². The zero-order valence-electron chi connectivity index (χ0n) is 18.1. The van der Waals surface area contributed by atoms with E-state index in [0.717, 1.165) is 69.8 Å². The molecule has 1 atom stereocenters. The van der Waals surface area contributed by atoms with Crippen LogP contribution in [0.3, 0.4) is 0 Å². The second-order valence-corrected chi connectivity index (χ2v) is 8.70. The van der Waals surface area contributed by atoms with Gasteiger partial charge in [-0.2, -0.15) is 0 Å². The van der Waals surface area contributed by atoms with Crippen molar-refractivity contribution < 1.29 is 9.18 Å². The summed E-state index contributed by atoms with van der Waals surface area (Å²) in [5.74, 6) is -0.0190. The summed E-state index contributed by atoms with van der Waals surface area (Å²) in [5.41, 5.74) is 4.11. The molecule has 0 bridgehead atoms. The van der Waals surface area contributed by atoms with Crippen molar-refractivity contribution in [2.75, 3.05) is 42.9 Å². The Labute approximate surface area is 179 Å². The molecule has 1 N–H and O–H groups in total. The second kappa shape index (κ2) is 8.76. The van der Waals surface area contributed by atoms with Crippen LogP contribution in [0.15, 0.2) is 42.5 Å². The Morgan fingerprint density at radius 1 is 1.03 bits per heavy atom. The Morgan fingerprint density at radius 3 is 2.47 bits per heavy atom. The smallest absolute Gasteiger partial charge is 0.235 e. The van der Waals surface area contributed by atoms with E-state index >= 15 is 0 Å². The molecule has 0 spiro atoms. The number of nitrogens with zero attached hydrogens (tertiary/aromatic N) is 2. The van der Waals surface area contributed by atoms with Crippen molar-refractivity contribution in [3.8, 4) is 0 Å². The van der Waals surface area contributed by atoms with E-state index in [1.165, 1.54) is 23.3 Å². The van der Waals surface area contributed by atoms with Crippen LogP contribution in [-0.4, -0.2) is 43.5 Å². The van der Waals surface area contributed by atoms with Gasteiger partial charge in [0, 0.05) is 37.6 Å². The van der Waals surface area contributed by atoms with E-state index in [1.807, 2.05) is 18.2 Å². The number of nitrogens with one attached hydrogen (secondary N) is 1. The third-order valence-electron chi connectivity index (χ3n) is 6.87. The summed E-state index contributed by atoms with van der Waals surface area (Å²) in [6.07, 6.45) is 3.90. The summed E-state index contributed by atoms with van der Waals surface area (Å²) in [6.45, 7) is 9.29. The molecule has 30 heavy (non-hydrogen) atoms. The maximum Gasteiger partial charge on any atom is 0.235 e. The minimum atomic E-state index is -0.372. The maximum atomic E-state index is 13.1. The predicted octanol–water partition coefficient (Wildman–Crippen LogP) is 4.73. The summed E-state index contributed by atoms with van der Waals surface area (Å²) in [7, 11) is 0. The molecule has 2 aromatic carbocycles. The highest BCUT2D eigenvalue weighted by molar-refractivity contribution is 6.06. The number of unbranched alkanes of at least 4 members (excludes halogenated alkanes) is 1. The lowest BCUT2D eigenvalue weighted by Crippen LogP contribution is -2.46. The number of carbonyl (C=O) groups excluding carboxylic acids is 1. The number of hydrogen-bond acceptors (Lipinski definition) is 3. The van der Waals surface area contributed by atoms with Crippen molar-refractivity contribution in [1.82, 2.24) is 4.90 Å². The normalized spacial score (nSPS) is 21.6. The minimum absolute atomic E-state index is 0.165. The molecule has 5 heteroatoms. The molecule has 2 heterocycles. The summed E-state index contributed by atoms with van der Waals surface area (Å²) in [5, 5.41) is 3.10. The van der Waals surface area contributed by atoms with Gasteiger partial charge in [-0.25, -0.2) is 4.39 Å². The van der Waals surface area contributed by atoms with Gasteiger partial charge in [0.1, 0.15) is 5.82 Å². The molecule has 2 aliphatic rings. The molecule has 160 valence electrons. The van der Waals surface area contributed by atoms with E-state index in [-0.39, 0.29) is 17.1 Å². The summed E-state index contributed by atoms with van der Waals surface area (Å²) in [6, 6.07) is 13.1. The Hall–Kier alpha value is -2.40. The van der Waals surface area contributed by atoms with Crippen LogP contribution in [0.1, 0.15) is 43.7 Å². The average molecular weight is 410 g/mol. The first-order valence-electron chi connectivity index (χ1n) is 11.2. The molecule has 0 saturated carbocycles. The van der Waals surface area contributed by atoms with E-state index in [0.29, 0.717) is 0 Å². The number of benzene rings is 2. The topological polar surface area (TPSA) is 35.6 Å². The van der Waals surface area contributed by atoms with Crippen molar-refractivity contribution in [1.29, 1.82) is 0 Å². The number of hydrogen-bond donors (Lipinski definition) is 1. The standard InChI is InChI=1S/C25H32FN3O/c1-3-25(22-18-19(2)6-11-23(22)27-24(25)30)12-4-5-13-28-14-16-29(17-15-28)21-9-7-20(26)8-10-21/h6-11,18H,3-5,12-17H2,1-2H3,(H,27,30).